The van der Waals surface area contributed by atoms with Gasteiger partial charge >= 0.3 is 6.18 Å². The first-order chi connectivity index (χ1) is 24.7. The number of carbonyl (C=O) groups is 2. The minimum absolute atomic E-state index is 0.0150. The number of rotatable bonds is 7. The third-order valence-corrected chi connectivity index (χ3v) is 10.1. The lowest BCUT2D eigenvalue weighted by Crippen LogP contribution is -2.34. The summed E-state index contributed by atoms with van der Waals surface area (Å²) in [6.45, 7) is 6.22. The molecule has 2 aliphatic heterocycles. The number of nitrogens with zero attached hydrogens (tertiary/aromatic N) is 7. The van der Waals surface area contributed by atoms with Crippen molar-refractivity contribution in [2.75, 3.05) is 25.1 Å². The molecule has 3 aliphatic rings. The number of aromatic nitrogens is 6. The molecule has 2 amide bonds. The molecular formula is C35H34ClF3N8O5. The number of halogens is 4. The van der Waals surface area contributed by atoms with E-state index < -0.39 is 29.1 Å². The van der Waals surface area contributed by atoms with Gasteiger partial charge in [-0.15, -0.1) is 5.10 Å². The highest BCUT2D eigenvalue weighted by atomic mass is 35.5. The Hall–Kier alpha value is -5.09. The molecule has 1 aromatic carbocycles. The fourth-order valence-corrected chi connectivity index (χ4v) is 7.35. The zero-order chi connectivity index (χ0) is 37.1. The second-order valence-corrected chi connectivity index (χ2v) is 13.7. The summed E-state index contributed by atoms with van der Waals surface area (Å²) in [6, 6.07) is 2.35. The Bertz CT molecular complexity index is 2250. The number of ether oxygens (including phenoxy) is 1. The molecule has 7 rings (SSSR count). The fraction of sp³-hybridized carbons (Fsp3) is 0.400. The van der Waals surface area contributed by atoms with Crippen LogP contribution in [0.5, 0.6) is 5.75 Å². The number of anilines is 1. The van der Waals surface area contributed by atoms with Crippen molar-refractivity contribution in [1.29, 1.82) is 0 Å². The molecule has 3 atom stereocenters. The van der Waals surface area contributed by atoms with Gasteiger partial charge in [-0.2, -0.15) is 22.7 Å². The van der Waals surface area contributed by atoms with E-state index in [0.29, 0.717) is 37.6 Å². The maximum absolute atomic E-state index is 14.2. The van der Waals surface area contributed by atoms with Crippen LogP contribution in [0.2, 0.25) is 5.02 Å². The molecule has 272 valence electrons. The topological polar surface area (TPSA) is 157 Å². The standard InChI is InChI=1S/C35H34ClF3N8O5/c1-4-27-24(8-19-7-17(2)45(12-19)33(51)29-30(49)18(3)40-16-41-29)32(50)47-34(43-31(44-47)20-9-21-14-52-15-22(21)10-20)46(27)13-28(48)42-26-6-5-23(11-25(26)36)35(37,38)39/h5-6,8-9,11,16-17,21-22,49H,4,7,10,12-15H2,1-3H3,(H,42,48)/b19-8+/t17-,21?,22?/m1/s1. The van der Waals surface area contributed by atoms with Crippen LogP contribution >= 0.6 is 11.6 Å². The number of aryl methyl sites for hydroxylation is 1. The Labute approximate surface area is 299 Å². The zero-order valence-corrected chi connectivity index (χ0v) is 29.1. The lowest BCUT2D eigenvalue weighted by Gasteiger charge is -2.20. The SMILES string of the molecule is CCc1c(/C=C2\C[C@@H](C)N(C(=O)c3ncnc(C)c3O)C2)c(=O)n2nc(C3=CC4COCC4C3)nc2n1CC(=O)Nc1ccc(C(F)(F)F)cc1Cl. The summed E-state index contributed by atoms with van der Waals surface area (Å²) in [6.07, 6.45) is 1.74. The summed E-state index contributed by atoms with van der Waals surface area (Å²) in [7, 11) is 0. The number of nitrogens with one attached hydrogen (secondary N) is 1. The van der Waals surface area contributed by atoms with Gasteiger partial charge in [0.25, 0.3) is 11.5 Å². The van der Waals surface area contributed by atoms with Gasteiger partial charge in [-0.1, -0.05) is 24.6 Å². The molecular weight excluding hydrogens is 705 g/mol. The molecule has 4 aromatic rings. The number of likely N-dealkylation sites (tertiary alicyclic amines) is 1. The minimum atomic E-state index is -4.61. The molecule has 2 saturated heterocycles. The summed E-state index contributed by atoms with van der Waals surface area (Å²) < 4.78 is 48.0. The van der Waals surface area contributed by atoms with Crippen LogP contribution in [0.15, 0.2) is 41.0 Å². The van der Waals surface area contributed by atoms with E-state index >= 15 is 0 Å². The highest BCUT2D eigenvalue weighted by Crippen LogP contribution is 2.39. The summed E-state index contributed by atoms with van der Waals surface area (Å²) in [5, 5.41) is 17.4. The van der Waals surface area contributed by atoms with Crippen LogP contribution in [0.25, 0.3) is 17.4 Å². The molecule has 5 heterocycles. The number of fused-ring (bicyclic) bond motifs is 2. The van der Waals surface area contributed by atoms with Gasteiger partial charge in [0.15, 0.2) is 17.3 Å². The number of amides is 2. The van der Waals surface area contributed by atoms with E-state index in [2.05, 4.69) is 26.5 Å². The molecule has 52 heavy (non-hydrogen) atoms. The number of benzene rings is 1. The predicted molar refractivity (Wildman–Crippen MR) is 184 cm³/mol. The third kappa shape index (κ3) is 6.45. The number of alkyl halides is 3. The van der Waals surface area contributed by atoms with E-state index in [1.807, 2.05) is 13.8 Å². The van der Waals surface area contributed by atoms with Crippen molar-refractivity contribution in [3.05, 3.63) is 85.6 Å². The highest BCUT2D eigenvalue weighted by molar-refractivity contribution is 6.33. The van der Waals surface area contributed by atoms with Crippen molar-refractivity contribution in [3.63, 3.8) is 0 Å². The van der Waals surface area contributed by atoms with Gasteiger partial charge in [-0.05, 0) is 74.4 Å². The average Bonchev–Trinajstić information content (AvgIpc) is 3.88. The molecule has 17 heteroatoms. The maximum Gasteiger partial charge on any atom is 0.416 e. The highest BCUT2D eigenvalue weighted by Gasteiger charge is 2.36. The van der Waals surface area contributed by atoms with Gasteiger partial charge in [0, 0.05) is 24.2 Å². The monoisotopic (exact) mass is 738 g/mol. The zero-order valence-electron chi connectivity index (χ0n) is 28.4. The lowest BCUT2D eigenvalue weighted by atomic mass is 10.00. The molecule has 1 aliphatic carbocycles. The summed E-state index contributed by atoms with van der Waals surface area (Å²) >= 11 is 6.13. The molecule has 0 radical (unpaired) electrons. The van der Waals surface area contributed by atoms with Crippen LogP contribution in [-0.4, -0.2) is 76.8 Å². The predicted octanol–water partition coefficient (Wildman–Crippen LogP) is 4.94. The first-order valence-corrected chi connectivity index (χ1v) is 17.1. The van der Waals surface area contributed by atoms with E-state index in [1.54, 1.807) is 22.5 Å². The maximum atomic E-state index is 14.2. The molecule has 3 aromatic heterocycles. The lowest BCUT2D eigenvalue weighted by molar-refractivity contribution is -0.137. The number of carbonyl (C=O) groups excluding carboxylic acids is 2. The van der Waals surface area contributed by atoms with Crippen molar-refractivity contribution in [2.45, 2.75) is 58.8 Å². The van der Waals surface area contributed by atoms with E-state index in [1.165, 1.54) is 6.33 Å². The van der Waals surface area contributed by atoms with Gasteiger partial charge in [-0.25, -0.2) is 9.97 Å². The van der Waals surface area contributed by atoms with Crippen molar-refractivity contribution in [1.82, 2.24) is 34.0 Å². The van der Waals surface area contributed by atoms with Crippen molar-refractivity contribution in [2.24, 2.45) is 11.8 Å². The molecule has 2 unspecified atom stereocenters. The van der Waals surface area contributed by atoms with Crippen LogP contribution in [0.1, 0.15) is 65.5 Å². The molecule has 0 bridgehead atoms. The first kappa shape index (κ1) is 35.3. The molecule has 2 fully saturated rings. The largest absolute Gasteiger partial charge is 0.504 e. The van der Waals surface area contributed by atoms with Gasteiger partial charge in [0.1, 0.15) is 12.9 Å². The van der Waals surface area contributed by atoms with Crippen molar-refractivity contribution >= 4 is 46.5 Å². The Balaban J connectivity index is 1.27. The van der Waals surface area contributed by atoms with Crippen LogP contribution in [-0.2, 0) is 28.7 Å². The first-order valence-electron chi connectivity index (χ1n) is 16.7. The third-order valence-electron chi connectivity index (χ3n) is 9.81. The summed E-state index contributed by atoms with van der Waals surface area (Å²) in [5.41, 5.74) is 1.03. The van der Waals surface area contributed by atoms with Gasteiger partial charge in [0.2, 0.25) is 11.7 Å². The molecule has 13 nitrogen and oxygen atoms in total. The smallest absolute Gasteiger partial charge is 0.416 e. The number of allylic oxidation sites excluding steroid dienone is 1. The van der Waals surface area contributed by atoms with Crippen molar-refractivity contribution < 1.29 is 32.6 Å². The quantitative estimate of drug-likeness (QED) is 0.268. The van der Waals surface area contributed by atoms with Gasteiger partial charge in [0.05, 0.1) is 40.7 Å². The Morgan fingerprint density at radius 3 is 2.69 bits per heavy atom. The Morgan fingerprint density at radius 2 is 1.98 bits per heavy atom. The second kappa shape index (κ2) is 13.5. The molecule has 2 N–H and O–H groups in total. The van der Waals surface area contributed by atoms with Gasteiger partial charge < -0.3 is 24.6 Å². The van der Waals surface area contributed by atoms with Crippen LogP contribution < -0.4 is 10.9 Å². The van der Waals surface area contributed by atoms with Crippen molar-refractivity contribution in [3.8, 4) is 5.75 Å². The molecule has 0 spiro atoms. The van der Waals surface area contributed by atoms with Crippen LogP contribution in [0.4, 0.5) is 18.9 Å². The minimum Gasteiger partial charge on any atom is -0.504 e. The number of hydrogen-bond donors (Lipinski definition) is 2. The Morgan fingerprint density at radius 1 is 1.19 bits per heavy atom. The normalized spacial score (nSPS) is 20.9. The van der Waals surface area contributed by atoms with Gasteiger partial charge in [-0.3, -0.25) is 14.4 Å². The van der Waals surface area contributed by atoms with E-state index in [-0.39, 0.29) is 76.6 Å². The fourth-order valence-electron chi connectivity index (χ4n) is 7.13. The average molecular weight is 739 g/mol. The van der Waals surface area contributed by atoms with E-state index in [4.69, 9.17) is 21.3 Å². The van der Waals surface area contributed by atoms with E-state index in [0.717, 1.165) is 33.9 Å². The van der Waals surface area contributed by atoms with Crippen LogP contribution in [0.3, 0.4) is 0 Å². The number of hydrogen-bond acceptors (Lipinski definition) is 9. The van der Waals surface area contributed by atoms with E-state index in [9.17, 15) is 32.7 Å². The Kier molecular flexibility index (Phi) is 9.15. The summed E-state index contributed by atoms with van der Waals surface area (Å²) in [5.74, 6) is -0.434. The summed E-state index contributed by atoms with van der Waals surface area (Å²) in [4.78, 5) is 55.4. The molecule has 0 saturated carbocycles. The number of aromatic hydroxyl groups is 1. The second-order valence-electron chi connectivity index (χ2n) is 13.3. The van der Waals surface area contributed by atoms with Crippen LogP contribution in [0, 0.1) is 18.8 Å².